The molecule has 90 valence electrons. The van der Waals surface area contributed by atoms with Gasteiger partial charge in [0.25, 0.3) is 0 Å². The summed E-state index contributed by atoms with van der Waals surface area (Å²) >= 11 is 0. The molecule has 0 amide bonds. The smallest absolute Gasteiger partial charge is 0.133 e. The number of aromatic nitrogens is 1. The monoisotopic (exact) mass is 253 g/mol. The van der Waals surface area contributed by atoms with E-state index in [-0.39, 0.29) is 5.82 Å². The lowest BCUT2D eigenvalue weighted by Gasteiger charge is -2.00. The highest BCUT2D eigenvalue weighted by atomic mass is 32.2. The minimum atomic E-state index is -1.11. The van der Waals surface area contributed by atoms with Crippen molar-refractivity contribution in [2.24, 2.45) is 0 Å². The molecule has 5 heteroatoms. The summed E-state index contributed by atoms with van der Waals surface area (Å²) in [6.07, 6.45) is 0. The van der Waals surface area contributed by atoms with E-state index in [1.165, 1.54) is 12.1 Å². The molecular formula is C12H12FNO2S. The van der Waals surface area contributed by atoms with Crippen molar-refractivity contribution in [1.82, 2.24) is 5.16 Å². The van der Waals surface area contributed by atoms with Crippen LogP contribution >= 0.6 is 0 Å². The summed E-state index contributed by atoms with van der Waals surface area (Å²) in [7, 11) is -1.11. The molecule has 0 unspecified atom stereocenters. The lowest BCUT2D eigenvalue weighted by molar-refractivity contribution is 0.392. The minimum absolute atomic E-state index is 0.309. The SMILES string of the molecule is Cc1cc(C[S@](=O)Cc2cccc(F)c2)no1. The molecular weight excluding hydrogens is 241 g/mol. The largest absolute Gasteiger partial charge is 0.361 e. The Labute approximate surface area is 101 Å². The summed E-state index contributed by atoms with van der Waals surface area (Å²) in [5.74, 6) is 1.04. The molecule has 2 aromatic rings. The molecule has 2 rings (SSSR count). The fraction of sp³-hybridized carbons (Fsp3) is 0.250. The van der Waals surface area contributed by atoms with Crippen LogP contribution in [0.15, 0.2) is 34.9 Å². The quantitative estimate of drug-likeness (QED) is 0.841. The van der Waals surface area contributed by atoms with Gasteiger partial charge >= 0.3 is 0 Å². The fourth-order valence-electron chi connectivity index (χ4n) is 1.51. The lowest BCUT2D eigenvalue weighted by Crippen LogP contribution is -2.00. The normalized spacial score (nSPS) is 12.6. The van der Waals surface area contributed by atoms with E-state index in [2.05, 4.69) is 5.16 Å². The van der Waals surface area contributed by atoms with Gasteiger partial charge < -0.3 is 4.52 Å². The molecule has 0 N–H and O–H groups in total. The van der Waals surface area contributed by atoms with E-state index in [1.54, 1.807) is 25.1 Å². The van der Waals surface area contributed by atoms with E-state index in [4.69, 9.17) is 4.52 Å². The fourth-order valence-corrected chi connectivity index (χ4v) is 2.63. The van der Waals surface area contributed by atoms with Crippen LogP contribution < -0.4 is 0 Å². The van der Waals surface area contributed by atoms with Crippen LogP contribution in [-0.2, 0) is 22.3 Å². The van der Waals surface area contributed by atoms with E-state index in [0.717, 1.165) is 5.56 Å². The summed E-state index contributed by atoms with van der Waals surface area (Å²) in [5.41, 5.74) is 1.39. The highest BCUT2D eigenvalue weighted by Gasteiger charge is 2.07. The summed E-state index contributed by atoms with van der Waals surface area (Å²) in [5, 5.41) is 3.77. The molecule has 0 aliphatic rings. The van der Waals surface area contributed by atoms with Gasteiger partial charge in [-0.2, -0.15) is 0 Å². The van der Waals surface area contributed by atoms with Crippen LogP contribution in [0.2, 0.25) is 0 Å². The third-order valence-corrected chi connectivity index (χ3v) is 3.48. The molecule has 3 nitrogen and oxygen atoms in total. The van der Waals surface area contributed by atoms with Crippen molar-refractivity contribution in [3.8, 4) is 0 Å². The van der Waals surface area contributed by atoms with Crippen molar-refractivity contribution in [1.29, 1.82) is 0 Å². The number of rotatable bonds is 4. The second-order valence-corrected chi connectivity index (χ2v) is 5.24. The number of nitrogens with zero attached hydrogens (tertiary/aromatic N) is 1. The molecule has 1 aromatic heterocycles. The zero-order chi connectivity index (χ0) is 12.3. The molecule has 1 aromatic carbocycles. The Bertz CT molecular complexity index is 539. The van der Waals surface area contributed by atoms with Gasteiger partial charge in [-0.25, -0.2) is 4.39 Å². The summed E-state index contributed by atoms with van der Waals surface area (Å²) in [6.45, 7) is 1.78. The molecule has 0 bridgehead atoms. The van der Waals surface area contributed by atoms with Gasteiger partial charge in [0.05, 0.1) is 11.4 Å². The molecule has 1 atom stereocenters. The molecule has 1 heterocycles. The van der Waals surface area contributed by atoms with E-state index >= 15 is 0 Å². The second-order valence-electron chi connectivity index (χ2n) is 3.79. The topological polar surface area (TPSA) is 43.1 Å². The van der Waals surface area contributed by atoms with Crippen molar-refractivity contribution in [3.05, 3.63) is 53.2 Å². The maximum Gasteiger partial charge on any atom is 0.133 e. The Morgan fingerprint density at radius 1 is 1.35 bits per heavy atom. The predicted molar refractivity (Wildman–Crippen MR) is 63.2 cm³/mol. The molecule has 17 heavy (non-hydrogen) atoms. The van der Waals surface area contributed by atoms with Gasteiger partial charge in [-0.15, -0.1) is 0 Å². The van der Waals surface area contributed by atoms with E-state index in [9.17, 15) is 8.60 Å². The third kappa shape index (κ3) is 3.49. The third-order valence-electron chi connectivity index (χ3n) is 2.20. The average Bonchev–Trinajstić information content (AvgIpc) is 2.63. The van der Waals surface area contributed by atoms with Gasteiger partial charge in [0.2, 0.25) is 0 Å². The van der Waals surface area contributed by atoms with Crippen LogP contribution in [0.5, 0.6) is 0 Å². The molecule has 0 spiro atoms. The number of aryl methyl sites for hydroxylation is 1. The van der Waals surface area contributed by atoms with Gasteiger partial charge in [-0.3, -0.25) is 4.21 Å². The van der Waals surface area contributed by atoms with Crippen molar-refractivity contribution < 1.29 is 13.1 Å². The first-order valence-corrected chi connectivity index (χ1v) is 6.64. The molecule has 0 aliphatic heterocycles. The van der Waals surface area contributed by atoms with Crippen molar-refractivity contribution in [3.63, 3.8) is 0 Å². The summed E-state index contributed by atoms with van der Waals surface area (Å²) in [6, 6.07) is 7.89. The highest BCUT2D eigenvalue weighted by Crippen LogP contribution is 2.10. The zero-order valence-corrected chi connectivity index (χ0v) is 10.2. The second kappa shape index (κ2) is 5.23. The van der Waals surface area contributed by atoms with Crippen LogP contribution in [0.1, 0.15) is 17.0 Å². The first kappa shape index (κ1) is 12.0. The van der Waals surface area contributed by atoms with Crippen molar-refractivity contribution >= 4 is 10.8 Å². The van der Waals surface area contributed by atoms with Gasteiger partial charge in [-0.05, 0) is 24.6 Å². The van der Waals surface area contributed by atoms with Crippen LogP contribution in [0.25, 0.3) is 0 Å². The Balaban J connectivity index is 1.98. The molecule has 0 saturated carbocycles. The zero-order valence-electron chi connectivity index (χ0n) is 9.35. The molecule has 0 aliphatic carbocycles. The lowest BCUT2D eigenvalue weighted by atomic mass is 10.2. The summed E-state index contributed by atoms with van der Waals surface area (Å²) in [4.78, 5) is 0. The van der Waals surface area contributed by atoms with E-state index < -0.39 is 10.8 Å². The van der Waals surface area contributed by atoms with Crippen molar-refractivity contribution in [2.45, 2.75) is 18.4 Å². The van der Waals surface area contributed by atoms with Crippen LogP contribution in [0, 0.1) is 12.7 Å². The average molecular weight is 253 g/mol. The van der Waals surface area contributed by atoms with Gasteiger partial charge in [-0.1, -0.05) is 17.3 Å². The highest BCUT2D eigenvalue weighted by molar-refractivity contribution is 7.83. The Morgan fingerprint density at radius 3 is 2.82 bits per heavy atom. The molecule has 0 radical (unpaired) electrons. The Kier molecular flexibility index (Phi) is 3.68. The first-order valence-electron chi connectivity index (χ1n) is 5.15. The standard InChI is InChI=1S/C12H12FNO2S/c1-9-5-12(14-16-9)8-17(15)7-10-3-2-4-11(13)6-10/h2-6H,7-8H2,1H3/t17-/m1/s1. The maximum absolute atomic E-state index is 12.9. The van der Waals surface area contributed by atoms with E-state index in [1.807, 2.05) is 0 Å². The predicted octanol–water partition coefficient (Wildman–Crippen LogP) is 2.57. The van der Waals surface area contributed by atoms with Crippen LogP contribution in [0.4, 0.5) is 4.39 Å². The molecule has 0 saturated heterocycles. The van der Waals surface area contributed by atoms with Gasteiger partial charge in [0.15, 0.2) is 0 Å². The van der Waals surface area contributed by atoms with Crippen molar-refractivity contribution in [2.75, 3.05) is 0 Å². The van der Waals surface area contributed by atoms with Gasteiger partial charge in [0, 0.05) is 22.6 Å². The van der Waals surface area contributed by atoms with Gasteiger partial charge in [0.1, 0.15) is 11.6 Å². The van der Waals surface area contributed by atoms with Crippen LogP contribution in [0.3, 0.4) is 0 Å². The summed E-state index contributed by atoms with van der Waals surface area (Å²) < 4.78 is 29.6. The van der Waals surface area contributed by atoms with Crippen LogP contribution in [-0.4, -0.2) is 9.37 Å². The number of hydrogen-bond acceptors (Lipinski definition) is 3. The molecule has 0 fully saturated rings. The maximum atomic E-state index is 12.9. The first-order chi connectivity index (χ1) is 8.13. The Morgan fingerprint density at radius 2 is 2.18 bits per heavy atom. The number of benzene rings is 1. The Hall–Kier alpha value is -1.49. The number of halogens is 1. The van der Waals surface area contributed by atoms with E-state index in [0.29, 0.717) is 23.0 Å². The number of hydrogen-bond donors (Lipinski definition) is 0. The minimum Gasteiger partial charge on any atom is -0.361 e.